The molecule has 0 saturated carbocycles. The number of amides is 1. The van der Waals surface area contributed by atoms with Crippen LogP contribution in [0.4, 0.5) is 0 Å². The average Bonchev–Trinajstić information content (AvgIpc) is 3.06. The third-order valence-electron chi connectivity index (χ3n) is 4.21. The predicted molar refractivity (Wildman–Crippen MR) is 94.4 cm³/mol. The molecule has 1 aliphatic rings. The van der Waals surface area contributed by atoms with Gasteiger partial charge in [-0.2, -0.15) is 0 Å². The summed E-state index contributed by atoms with van der Waals surface area (Å²) in [6.07, 6.45) is 1.02. The summed E-state index contributed by atoms with van der Waals surface area (Å²) in [5.41, 5.74) is 1.97. The number of fused-ring (bicyclic) bond motifs is 1. The fraction of sp³-hybridized carbons (Fsp3) is 0.588. The summed E-state index contributed by atoms with van der Waals surface area (Å²) < 4.78 is 8.70. The standard InChI is InChI=1S/C17H25N3O2S/c1-3-5-20-14-11-13(2)23-16(14)12-15(20)17(21)18-4-6-19-7-9-22-10-8-19/h11-12H,3-10H2,1-2H3,(H,18,21). The summed E-state index contributed by atoms with van der Waals surface area (Å²) in [7, 11) is 0. The van der Waals surface area contributed by atoms with E-state index in [-0.39, 0.29) is 5.91 Å². The molecule has 5 nitrogen and oxygen atoms in total. The number of ether oxygens (including phenoxy) is 1. The van der Waals surface area contributed by atoms with Gasteiger partial charge in [0.1, 0.15) is 5.69 Å². The molecule has 0 aliphatic carbocycles. The van der Waals surface area contributed by atoms with Crippen molar-refractivity contribution in [3.63, 3.8) is 0 Å². The van der Waals surface area contributed by atoms with Crippen molar-refractivity contribution in [3.8, 4) is 0 Å². The molecule has 0 radical (unpaired) electrons. The normalized spacial score (nSPS) is 16.1. The Kier molecular flexibility index (Phi) is 5.35. The van der Waals surface area contributed by atoms with Crippen molar-refractivity contribution in [2.75, 3.05) is 39.4 Å². The summed E-state index contributed by atoms with van der Waals surface area (Å²) >= 11 is 1.75. The molecule has 6 heteroatoms. The third kappa shape index (κ3) is 3.76. The van der Waals surface area contributed by atoms with E-state index in [1.54, 1.807) is 11.3 Å². The van der Waals surface area contributed by atoms with E-state index in [1.807, 2.05) is 6.07 Å². The highest BCUT2D eigenvalue weighted by Gasteiger charge is 2.17. The Morgan fingerprint density at radius 2 is 2.09 bits per heavy atom. The highest BCUT2D eigenvalue weighted by molar-refractivity contribution is 7.19. The van der Waals surface area contributed by atoms with Crippen LogP contribution in [0.5, 0.6) is 0 Å². The first-order chi connectivity index (χ1) is 11.2. The quantitative estimate of drug-likeness (QED) is 0.882. The fourth-order valence-corrected chi connectivity index (χ4v) is 4.02. The Hall–Kier alpha value is -1.37. The van der Waals surface area contributed by atoms with Crippen LogP contribution < -0.4 is 5.32 Å². The molecule has 2 aromatic heterocycles. The van der Waals surface area contributed by atoms with Crippen LogP contribution in [-0.2, 0) is 11.3 Å². The average molecular weight is 335 g/mol. The lowest BCUT2D eigenvalue weighted by atomic mass is 10.3. The van der Waals surface area contributed by atoms with Crippen molar-refractivity contribution < 1.29 is 9.53 Å². The highest BCUT2D eigenvalue weighted by Crippen LogP contribution is 2.28. The second kappa shape index (κ2) is 7.47. The maximum Gasteiger partial charge on any atom is 0.268 e. The van der Waals surface area contributed by atoms with Gasteiger partial charge in [-0.05, 0) is 25.5 Å². The Bertz CT molecular complexity index is 671. The molecule has 2 aromatic rings. The van der Waals surface area contributed by atoms with Gasteiger partial charge in [-0.25, -0.2) is 0 Å². The van der Waals surface area contributed by atoms with E-state index in [9.17, 15) is 4.79 Å². The number of nitrogens with zero attached hydrogens (tertiary/aromatic N) is 2. The van der Waals surface area contributed by atoms with Gasteiger partial charge in [0.25, 0.3) is 5.91 Å². The van der Waals surface area contributed by atoms with Crippen LogP contribution >= 0.6 is 11.3 Å². The van der Waals surface area contributed by atoms with Crippen LogP contribution in [0.3, 0.4) is 0 Å². The van der Waals surface area contributed by atoms with E-state index in [0.29, 0.717) is 6.54 Å². The van der Waals surface area contributed by atoms with Crippen molar-refractivity contribution in [2.45, 2.75) is 26.8 Å². The zero-order valence-corrected chi connectivity index (χ0v) is 14.7. The van der Waals surface area contributed by atoms with Crippen molar-refractivity contribution in [3.05, 3.63) is 22.7 Å². The summed E-state index contributed by atoms with van der Waals surface area (Å²) in [5, 5.41) is 3.07. The maximum absolute atomic E-state index is 12.6. The summed E-state index contributed by atoms with van der Waals surface area (Å²) in [4.78, 5) is 16.2. The Balaban J connectivity index is 1.65. The minimum Gasteiger partial charge on any atom is -0.379 e. The molecule has 126 valence electrons. The molecule has 3 rings (SSSR count). The zero-order valence-electron chi connectivity index (χ0n) is 13.9. The lowest BCUT2D eigenvalue weighted by Gasteiger charge is -2.26. The predicted octanol–water partition coefficient (Wildman–Crippen LogP) is 2.48. The SMILES string of the molecule is CCCn1c(C(=O)NCCN2CCOCC2)cc2sc(C)cc21. The van der Waals surface area contributed by atoms with Gasteiger partial charge >= 0.3 is 0 Å². The Labute approximate surface area is 141 Å². The maximum atomic E-state index is 12.6. The van der Waals surface area contributed by atoms with E-state index in [2.05, 4.69) is 34.7 Å². The molecule has 3 heterocycles. The smallest absolute Gasteiger partial charge is 0.268 e. The first-order valence-corrected chi connectivity index (χ1v) is 9.18. The molecule has 1 saturated heterocycles. The van der Waals surface area contributed by atoms with Crippen LogP contribution in [0.25, 0.3) is 10.2 Å². The van der Waals surface area contributed by atoms with Crippen LogP contribution in [0.1, 0.15) is 28.7 Å². The molecular formula is C17H25N3O2S. The second-order valence-corrected chi connectivity index (χ2v) is 7.29. The number of carbonyl (C=O) groups excluding carboxylic acids is 1. The monoisotopic (exact) mass is 335 g/mol. The van der Waals surface area contributed by atoms with E-state index >= 15 is 0 Å². The molecule has 23 heavy (non-hydrogen) atoms. The Morgan fingerprint density at radius 3 is 2.83 bits per heavy atom. The van der Waals surface area contributed by atoms with E-state index in [4.69, 9.17) is 4.74 Å². The van der Waals surface area contributed by atoms with Crippen LogP contribution in [-0.4, -0.2) is 54.8 Å². The van der Waals surface area contributed by atoms with Gasteiger partial charge in [0, 0.05) is 37.6 Å². The first kappa shape index (κ1) is 16.5. The van der Waals surface area contributed by atoms with E-state index in [1.165, 1.54) is 15.1 Å². The molecule has 0 aromatic carbocycles. The number of rotatable bonds is 6. The van der Waals surface area contributed by atoms with Gasteiger partial charge < -0.3 is 14.6 Å². The largest absolute Gasteiger partial charge is 0.379 e. The van der Waals surface area contributed by atoms with Gasteiger partial charge in [0.15, 0.2) is 0 Å². The number of thiophene rings is 1. The summed E-state index contributed by atoms with van der Waals surface area (Å²) in [6, 6.07) is 4.22. The first-order valence-electron chi connectivity index (χ1n) is 8.37. The van der Waals surface area contributed by atoms with Gasteiger partial charge in [0.2, 0.25) is 0 Å². The fourth-order valence-electron chi connectivity index (χ4n) is 3.06. The second-order valence-electron chi connectivity index (χ2n) is 6.00. The van der Waals surface area contributed by atoms with Gasteiger partial charge in [0.05, 0.1) is 23.4 Å². The number of hydrogen-bond acceptors (Lipinski definition) is 4. The van der Waals surface area contributed by atoms with Crippen molar-refractivity contribution in [1.82, 2.24) is 14.8 Å². The van der Waals surface area contributed by atoms with Crippen molar-refractivity contribution >= 4 is 27.5 Å². The van der Waals surface area contributed by atoms with Crippen molar-refractivity contribution in [2.24, 2.45) is 0 Å². The van der Waals surface area contributed by atoms with Crippen LogP contribution in [0, 0.1) is 6.92 Å². The van der Waals surface area contributed by atoms with E-state index in [0.717, 1.165) is 51.5 Å². The molecule has 0 atom stereocenters. The number of morpholine rings is 1. The molecule has 1 aliphatic heterocycles. The van der Waals surface area contributed by atoms with Crippen LogP contribution in [0.2, 0.25) is 0 Å². The summed E-state index contributed by atoms with van der Waals surface area (Å²) in [6.45, 7) is 10.2. The molecular weight excluding hydrogens is 310 g/mol. The molecule has 0 unspecified atom stereocenters. The zero-order chi connectivity index (χ0) is 16.2. The van der Waals surface area contributed by atoms with Crippen LogP contribution in [0.15, 0.2) is 12.1 Å². The number of hydrogen-bond donors (Lipinski definition) is 1. The molecule has 1 amide bonds. The Morgan fingerprint density at radius 1 is 1.30 bits per heavy atom. The number of carbonyl (C=O) groups is 1. The minimum absolute atomic E-state index is 0.0350. The lowest BCUT2D eigenvalue weighted by Crippen LogP contribution is -2.41. The number of aryl methyl sites for hydroxylation is 2. The highest BCUT2D eigenvalue weighted by atomic mass is 32.1. The number of nitrogens with one attached hydrogen (secondary N) is 1. The molecule has 0 bridgehead atoms. The molecule has 0 spiro atoms. The molecule has 1 N–H and O–H groups in total. The summed E-state index contributed by atoms with van der Waals surface area (Å²) in [5.74, 6) is 0.0350. The van der Waals surface area contributed by atoms with Gasteiger partial charge in [-0.15, -0.1) is 11.3 Å². The van der Waals surface area contributed by atoms with E-state index < -0.39 is 0 Å². The minimum atomic E-state index is 0.0350. The lowest BCUT2D eigenvalue weighted by molar-refractivity contribution is 0.0383. The topological polar surface area (TPSA) is 46.5 Å². The van der Waals surface area contributed by atoms with Gasteiger partial charge in [-0.3, -0.25) is 9.69 Å². The number of aromatic nitrogens is 1. The van der Waals surface area contributed by atoms with Crippen molar-refractivity contribution in [1.29, 1.82) is 0 Å². The third-order valence-corrected chi connectivity index (χ3v) is 5.20. The van der Waals surface area contributed by atoms with Gasteiger partial charge in [-0.1, -0.05) is 6.92 Å². The molecule has 1 fully saturated rings.